The zero-order chi connectivity index (χ0) is 22.1. The number of benzene rings is 2. The van der Waals surface area contributed by atoms with Crippen LogP contribution in [0.25, 0.3) is 0 Å². The van der Waals surface area contributed by atoms with Crippen LogP contribution in [0.15, 0.2) is 53.3 Å². The van der Waals surface area contributed by atoms with Crippen molar-refractivity contribution in [3.05, 3.63) is 73.7 Å². The van der Waals surface area contributed by atoms with Gasteiger partial charge in [-0.1, -0.05) is 41.1 Å². The minimum absolute atomic E-state index is 0.171. The van der Waals surface area contributed by atoms with Gasteiger partial charge in [0.05, 0.1) is 24.8 Å². The second-order valence-corrected chi connectivity index (χ2v) is 8.39. The molecule has 1 unspecified atom stereocenters. The van der Waals surface area contributed by atoms with Crippen LogP contribution < -0.4 is 14.5 Å². The molecule has 0 radical (unpaired) electrons. The quantitative estimate of drug-likeness (QED) is 0.541. The Bertz CT molecular complexity index is 1200. The number of ether oxygens (including phenoxy) is 2. The summed E-state index contributed by atoms with van der Waals surface area (Å²) < 4.78 is 11.3. The minimum atomic E-state index is -0.576. The molecule has 2 aromatic carbocycles. The number of aromatic nitrogens is 1. The minimum Gasteiger partial charge on any atom is -0.497 e. The summed E-state index contributed by atoms with van der Waals surface area (Å²) in [4.78, 5) is 40.0. The van der Waals surface area contributed by atoms with Gasteiger partial charge in [-0.25, -0.2) is 0 Å². The maximum absolute atomic E-state index is 13.3. The molecule has 1 atom stereocenters. The van der Waals surface area contributed by atoms with Crippen LogP contribution in [-0.2, 0) is 20.9 Å². The Kier molecular flexibility index (Phi) is 5.84. The fraction of sp³-hybridized carbons (Fsp3) is 0.227. The molecule has 0 bridgehead atoms. The number of anilines is 2. The highest BCUT2D eigenvalue weighted by molar-refractivity contribution is 7.10. The molecule has 7 nitrogen and oxygen atoms in total. The van der Waals surface area contributed by atoms with Crippen LogP contribution in [0.3, 0.4) is 0 Å². The van der Waals surface area contributed by atoms with Crippen molar-refractivity contribution in [2.24, 2.45) is 0 Å². The smallest absolute Gasteiger partial charge is 0.325 e. The van der Waals surface area contributed by atoms with E-state index in [9.17, 15) is 14.4 Å². The van der Waals surface area contributed by atoms with Gasteiger partial charge in [-0.05, 0) is 35.9 Å². The third-order valence-electron chi connectivity index (χ3n) is 5.15. The van der Waals surface area contributed by atoms with Crippen LogP contribution >= 0.6 is 22.9 Å². The Labute approximate surface area is 187 Å². The van der Waals surface area contributed by atoms with Crippen LogP contribution in [0.2, 0.25) is 5.02 Å². The highest BCUT2D eigenvalue weighted by Gasteiger charge is 2.38. The first-order valence-corrected chi connectivity index (χ1v) is 10.6. The summed E-state index contributed by atoms with van der Waals surface area (Å²) in [5, 5.41) is 0.459. The van der Waals surface area contributed by atoms with Crippen LogP contribution in [-0.4, -0.2) is 30.7 Å². The number of halogens is 1. The van der Waals surface area contributed by atoms with Crippen molar-refractivity contribution in [1.29, 1.82) is 0 Å². The van der Waals surface area contributed by atoms with Gasteiger partial charge in [0.15, 0.2) is 0 Å². The predicted octanol–water partition coefficient (Wildman–Crippen LogP) is 3.95. The zero-order valence-electron chi connectivity index (χ0n) is 16.8. The monoisotopic (exact) mass is 458 g/mol. The Morgan fingerprint density at radius 1 is 1.16 bits per heavy atom. The van der Waals surface area contributed by atoms with Gasteiger partial charge in [0.1, 0.15) is 18.1 Å². The van der Waals surface area contributed by atoms with E-state index in [2.05, 4.69) is 0 Å². The molecule has 1 amide bonds. The predicted molar refractivity (Wildman–Crippen MR) is 119 cm³/mol. The Morgan fingerprint density at radius 2 is 1.90 bits per heavy atom. The summed E-state index contributed by atoms with van der Waals surface area (Å²) in [5.74, 6) is -0.0250. The summed E-state index contributed by atoms with van der Waals surface area (Å²) in [6, 6.07) is 14.2. The average Bonchev–Trinajstić information content (AvgIpc) is 3.08. The highest BCUT2D eigenvalue weighted by Crippen LogP contribution is 2.45. The van der Waals surface area contributed by atoms with E-state index in [1.165, 1.54) is 16.6 Å². The van der Waals surface area contributed by atoms with Crippen LogP contribution in [0.4, 0.5) is 11.5 Å². The van der Waals surface area contributed by atoms with Crippen molar-refractivity contribution >= 4 is 46.3 Å². The fourth-order valence-corrected chi connectivity index (χ4v) is 4.96. The molecule has 0 spiro atoms. The fourth-order valence-electron chi connectivity index (χ4n) is 3.67. The molecule has 31 heavy (non-hydrogen) atoms. The maximum atomic E-state index is 13.3. The average molecular weight is 459 g/mol. The second kappa shape index (κ2) is 8.56. The van der Waals surface area contributed by atoms with Gasteiger partial charge in [-0.3, -0.25) is 23.9 Å². The van der Waals surface area contributed by atoms with Crippen molar-refractivity contribution in [3.8, 4) is 5.75 Å². The molecule has 4 rings (SSSR count). The van der Waals surface area contributed by atoms with Gasteiger partial charge >= 0.3 is 10.8 Å². The molecule has 2 heterocycles. The molecule has 0 saturated heterocycles. The van der Waals surface area contributed by atoms with Gasteiger partial charge in [-0.2, -0.15) is 0 Å². The molecule has 0 saturated carbocycles. The van der Waals surface area contributed by atoms with Crippen molar-refractivity contribution in [2.75, 3.05) is 19.1 Å². The number of esters is 1. The Hall–Kier alpha value is -3.10. The first-order chi connectivity index (χ1) is 14.9. The van der Waals surface area contributed by atoms with Gasteiger partial charge < -0.3 is 9.47 Å². The van der Waals surface area contributed by atoms with Gasteiger partial charge in [-0.15, -0.1) is 0 Å². The summed E-state index contributed by atoms with van der Waals surface area (Å²) in [6.07, 6.45) is 0.171. The van der Waals surface area contributed by atoms with Crippen LogP contribution in [0.1, 0.15) is 22.8 Å². The number of amides is 1. The summed E-state index contributed by atoms with van der Waals surface area (Å²) in [5.41, 5.74) is 1.41. The normalized spacial score (nSPS) is 15.5. The van der Waals surface area contributed by atoms with E-state index in [4.69, 9.17) is 21.1 Å². The molecule has 9 heteroatoms. The van der Waals surface area contributed by atoms with E-state index in [1.807, 2.05) is 24.3 Å². The lowest BCUT2D eigenvalue weighted by Gasteiger charge is -2.32. The van der Waals surface area contributed by atoms with E-state index in [1.54, 1.807) is 31.4 Å². The summed E-state index contributed by atoms with van der Waals surface area (Å²) in [6.45, 7) is -0.291. The molecule has 1 aliphatic rings. The van der Waals surface area contributed by atoms with Crippen molar-refractivity contribution in [1.82, 2.24) is 4.57 Å². The second-order valence-electron chi connectivity index (χ2n) is 6.96. The van der Waals surface area contributed by atoms with E-state index >= 15 is 0 Å². The van der Waals surface area contributed by atoms with Gasteiger partial charge in [0, 0.05) is 17.4 Å². The summed E-state index contributed by atoms with van der Waals surface area (Å²) >= 11 is 7.18. The van der Waals surface area contributed by atoms with Crippen molar-refractivity contribution in [3.63, 3.8) is 0 Å². The lowest BCUT2D eigenvalue weighted by molar-refractivity contribution is -0.141. The Morgan fingerprint density at radius 3 is 2.55 bits per heavy atom. The standard InChI is InChI=1S/C22H19ClN2O5S/c1-29-16-8-6-13(7-9-16)17-11-18(26)25(15-5-3-4-14(23)10-15)21-20(17)31-22(28)24(21)12-19(27)30-2/h3-10,17H,11-12H2,1-2H3. The molecular formula is C22H19ClN2O5S. The molecule has 3 aromatic rings. The van der Waals surface area contributed by atoms with Crippen LogP contribution in [0, 0.1) is 0 Å². The van der Waals surface area contributed by atoms with Crippen LogP contribution in [0.5, 0.6) is 5.75 Å². The number of fused-ring (bicyclic) bond motifs is 1. The highest BCUT2D eigenvalue weighted by atomic mass is 35.5. The molecule has 0 aliphatic carbocycles. The van der Waals surface area contributed by atoms with Gasteiger partial charge in [0.2, 0.25) is 5.91 Å². The first kappa shape index (κ1) is 21.1. The molecule has 160 valence electrons. The topological polar surface area (TPSA) is 77.8 Å². The lowest BCUT2D eigenvalue weighted by atomic mass is 9.90. The number of carbonyl (C=O) groups is 2. The molecule has 1 aromatic heterocycles. The van der Waals surface area contributed by atoms with Gasteiger partial charge in [0.25, 0.3) is 0 Å². The molecule has 0 fully saturated rings. The number of nitrogens with zero attached hydrogens (tertiary/aromatic N) is 2. The first-order valence-electron chi connectivity index (χ1n) is 9.45. The largest absolute Gasteiger partial charge is 0.497 e. The number of rotatable bonds is 5. The molecule has 1 aliphatic heterocycles. The number of hydrogen-bond donors (Lipinski definition) is 0. The van der Waals surface area contributed by atoms with Crippen molar-refractivity contribution < 1.29 is 19.1 Å². The molecule has 0 N–H and O–H groups in total. The number of hydrogen-bond acceptors (Lipinski definition) is 6. The Balaban J connectivity index is 1.90. The third-order valence-corrected chi connectivity index (χ3v) is 6.47. The number of methoxy groups -OCH3 is 2. The van der Waals surface area contributed by atoms with E-state index in [0.717, 1.165) is 16.9 Å². The number of carbonyl (C=O) groups excluding carboxylic acids is 2. The van der Waals surface area contributed by atoms with E-state index in [-0.39, 0.29) is 29.7 Å². The maximum Gasteiger partial charge on any atom is 0.325 e. The van der Waals surface area contributed by atoms with Crippen molar-refractivity contribution in [2.45, 2.75) is 18.9 Å². The van der Waals surface area contributed by atoms with E-state index in [0.29, 0.717) is 27.2 Å². The summed E-state index contributed by atoms with van der Waals surface area (Å²) in [7, 11) is 2.84. The third kappa shape index (κ3) is 3.96. The number of thiazole rings is 1. The van der Waals surface area contributed by atoms with E-state index < -0.39 is 5.97 Å². The SMILES string of the molecule is COC(=O)Cn1c2c(sc1=O)C(c1ccc(OC)cc1)CC(=O)N2c1cccc(Cl)c1. The molecular weight excluding hydrogens is 440 g/mol. The lowest BCUT2D eigenvalue weighted by Crippen LogP contribution is -2.36. The zero-order valence-corrected chi connectivity index (χ0v) is 18.4.